The fourth-order valence-electron chi connectivity index (χ4n) is 6.48. The van der Waals surface area contributed by atoms with Gasteiger partial charge in [-0.3, -0.25) is 0 Å². The highest BCUT2D eigenvalue weighted by Gasteiger charge is 2.57. The molecular weight excluding hydrogens is 399 g/mol. The van der Waals surface area contributed by atoms with Gasteiger partial charge in [-0.05, 0) is 74.2 Å². The molecule has 0 radical (unpaired) electrons. The molecule has 2 nitrogen and oxygen atoms in total. The van der Waals surface area contributed by atoms with Crippen LogP contribution in [-0.2, 0) is 7.80 Å². The fraction of sp³-hybridized carbons (Fsp3) is 0.800. The second-order valence-electron chi connectivity index (χ2n) is 8.70. The normalized spacial score (nSPS) is 48.7. The first-order valence-corrected chi connectivity index (χ1v) is 10.1. The Labute approximate surface area is 154 Å². The molecule has 23 heavy (non-hydrogen) atoms. The minimum atomic E-state index is 0.286. The van der Waals surface area contributed by atoms with Crippen LogP contribution < -0.4 is 0 Å². The largest absolute Gasteiger partial charge is 0.432 e. The van der Waals surface area contributed by atoms with Gasteiger partial charge in [0.05, 0.1) is 6.10 Å². The van der Waals surface area contributed by atoms with Gasteiger partial charge >= 0.3 is 0 Å². The number of rotatable bonds is 2. The first kappa shape index (κ1) is 16.4. The zero-order valence-corrected chi connectivity index (χ0v) is 16.8. The van der Waals surface area contributed by atoms with Crippen molar-refractivity contribution in [3.05, 3.63) is 23.5 Å². The van der Waals surface area contributed by atoms with Crippen LogP contribution in [0.5, 0.6) is 0 Å². The molecule has 3 heteroatoms. The first-order valence-electron chi connectivity index (χ1n) is 9.24. The molecule has 4 rings (SSSR count). The van der Waals surface area contributed by atoms with Crippen LogP contribution >= 0.6 is 23.0 Å². The molecule has 4 aliphatic rings. The minimum Gasteiger partial charge on any atom is -0.432 e. The van der Waals surface area contributed by atoms with Gasteiger partial charge in [0.2, 0.25) is 0 Å². The van der Waals surface area contributed by atoms with E-state index in [0.717, 1.165) is 17.8 Å². The molecule has 0 aromatic heterocycles. The monoisotopic (exact) mass is 428 g/mol. The molecule has 2 saturated carbocycles. The summed E-state index contributed by atoms with van der Waals surface area (Å²) in [6.45, 7) is 5.01. The van der Waals surface area contributed by atoms with Gasteiger partial charge in [-0.25, -0.2) is 0 Å². The lowest BCUT2D eigenvalue weighted by Gasteiger charge is -2.57. The van der Waals surface area contributed by atoms with Crippen molar-refractivity contribution in [1.29, 1.82) is 0 Å². The Morgan fingerprint density at radius 3 is 2.57 bits per heavy atom. The predicted molar refractivity (Wildman–Crippen MR) is 101 cm³/mol. The van der Waals surface area contributed by atoms with Crippen molar-refractivity contribution in [2.45, 2.75) is 64.9 Å². The molecule has 128 valence electrons. The minimum absolute atomic E-state index is 0.286. The van der Waals surface area contributed by atoms with Crippen molar-refractivity contribution < 1.29 is 7.80 Å². The maximum atomic E-state index is 5.72. The van der Waals surface area contributed by atoms with Gasteiger partial charge in [-0.2, -0.15) is 0 Å². The van der Waals surface area contributed by atoms with E-state index in [4.69, 9.17) is 7.80 Å². The highest BCUT2D eigenvalue weighted by atomic mass is 127. The molecule has 0 bridgehead atoms. The van der Waals surface area contributed by atoms with Crippen molar-refractivity contribution >= 4 is 23.0 Å². The third-order valence-corrected chi connectivity index (χ3v) is 8.46. The third kappa shape index (κ3) is 2.28. The van der Waals surface area contributed by atoms with E-state index in [9.17, 15) is 0 Å². The first-order chi connectivity index (χ1) is 11.0. The van der Waals surface area contributed by atoms with E-state index >= 15 is 0 Å². The second-order valence-corrected chi connectivity index (χ2v) is 9.14. The molecule has 6 unspecified atom stereocenters. The standard InChI is InChI=1S/C20H29IO2/c1-19-10-8-14(22-3)12-13(19)4-5-15-16-6-7-18(23-21)20(16,2)11-9-17(15)19/h4,7,14-17H,5-6,8-12H2,1-3H3. The van der Waals surface area contributed by atoms with Crippen LogP contribution in [0, 0.1) is 28.6 Å². The average molecular weight is 428 g/mol. The van der Waals surface area contributed by atoms with E-state index in [2.05, 4.69) is 49.0 Å². The lowest BCUT2D eigenvalue weighted by molar-refractivity contribution is -0.0405. The number of hydrogen-bond acceptors (Lipinski definition) is 2. The van der Waals surface area contributed by atoms with Crippen molar-refractivity contribution in [2.24, 2.45) is 28.6 Å². The fourth-order valence-corrected chi connectivity index (χ4v) is 7.16. The molecule has 6 atom stereocenters. The zero-order valence-electron chi connectivity index (χ0n) is 14.6. The lowest BCUT2D eigenvalue weighted by Crippen LogP contribution is -2.50. The molecule has 0 saturated heterocycles. The highest BCUT2D eigenvalue weighted by Crippen LogP contribution is 2.65. The summed E-state index contributed by atoms with van der Waals surface area (Å²) in [5.41, 5.74) is 2.41. The van der Waals surface area contributed by atoms with E-state index in [-0.39, 0.29) is 5.41 Å². The van der Waals surface area contributed by atoms with Gasteiger partial charge in [-0.15, -0.1) is 0 Å². The molecular formula is C20H29IO2. The van der Waals surface area contributed by atoms with Gasteiger partial charge < -0.3 is 7.80 Å². The van der Waals surface area contributed by atoms with Crippen LogP contribution in [0.4, 0.5) is 0 Å². The summed E-state index contributed by atoms with van der Waals surface area (Å²) in [4.78, 5) is 0. The molecule has 0 aliphatic heterocycles. The Kier molecular flexibility index (Phi) is 4.11. The molecule has 0 N–H and O–H groups in total. The summed E-state index contributed by atoms with van der Waals surface area (Å²) in [7, 11) is 1.88. The van der Waals surface area contributed by atoms with E-state index in [1.165, 1.54) is 50.7 Å². The SMILES string of the molecule is COC1CCC2(C)C(=CCC3C2CCC2(C)C(OI)=CCC32)C1. The van der Waals surface area contributed by atoms with E-state index < -0.39 is 0 Å². The third-order valence-electron chi connectivity index (χ3n) is 7.98. The second kappa shape index (κ2) is 5.76. The van der Waals surface area contributed by atoms with E-state index in [0.29, 0.717) is 11.5 Å². The van der Waals surface area contributed by atoms with E-state index in [1.807, 2.05) is 7.11 Å². The van der Waals surface area contributed by atoms with Crippen LogP contribution in [-0.4, -0.2) is 13.2 Å². The van der Waals surface area contributed by atoms with Crippen LogP contribution in [0.1, 0.15) is 58.8 Å². The van der Waals surface area contributed by atoms with Gasteiger partial charge in [0.15, 0.2) is 23.0 Å². The number of fused-ring (bicyclic) bond motifs is 5. The highest BCUT2D eigenvalue weighted by molar-refractivity contribution is 14.1. The van der Waals surface area contributed by atoms with Crippen LogP contribution in [0.2, 0.25) is 0 Å². The predicted octanol–water partition coefficient (Wildman–Crippen LogP) is 5.82. The van der Waals surface area contributed by atoms with Gasteiger partial charge in [0.1, 0.15) is 5.76 Å². The number of ether oxygens (including phenoxy) is 1. The maximum absolute atomic E-state index is 5.72. The molecule has 2 fully saturated rings. The zero-order chi connectivity index (χ0) is 16.2. The van der Waals surface area contributed by atoms with Crippen molar-refractivity contribution in [3.8, 4) is 0 Å². The van der Waals surface area contributed by atoms with Crippen molar-refractivity contribution in [2.75, 3.05) is 7.11 Å². The Hall–Kier alpha value is -0.0300. The Balaban J connectivity index is 1.63. The number of methoxy groups -OCH3 is 1. The summed E-state index contributed by atoms with van der Waals surface area (Å²) >= 11 is 2.08. The topological polar surface area (TPSA) is 18.5 Å². The summed E-state index contributed by atoms with van der Waals surface area (Å²) < 4.78 is 11.4. The summed E-state index contributed by atoms with van der Waals surface area (Å²) in [6.07, 6.45) is 14.3. The molecule has 0 aromatic carbocycles. The maximum Gasteiger partial charge on any atom is 0.192 e. The quantitative estimate of drug-likeness (QED) is 0.407. The molecule has 0 amide bonds. The lowest BCUT2D eigenvalue weighted by atomic mass is 9.48. The van der Waals surface area contributed by atoms with E-state index in [1.54, 1.807) is 5.57 Å². The van der Waals surface area contributed by atoms with Gasteiger partial charge in [0, 0.05) is 12.5 Å². The molecule has 0 aromatic rings. The Bertz CT molecular complexity index is 554. The molecule has 0 heterocycles. The van der Waals surface area contributed by atoms with Crippen LogP contribution in [0.15, 0.2) is 23.5 Å². The molecule has 0 spiro atoms. The average Bonchev–Trinajstić information content (AvgIpc) is 2.90. The van der Waals surface area contributed by atoms with Crippen LogP contribution in [0.3, 0.4) is 0 Å². The summed E-state index contributed by atoms with van der Waals surface area (Å²) in [5.74, 6) is 3.73. The number of allylic oxidation sites excluding steroid dienone is 3. The smallest absolute Gasteiger partial charge is 0.192 e. The molecule has 4 aliphatic carbocycles. The number of hydrogen-bond donors (Lipinski definition) is 0. The Morgan fingerprint density at radius 1 is 1.04 bits per heavy atom. The Morgan fingerprint density at radius 2 is 1.83 bits per heavy atom. The summed E-state index contributed by atoms with van der Waals surface area (Å²) in [6, 6.07) is 0. The van der Waals surface area contributed by atoms with Crippen molar-refractivity contribution in [3.63, 3.8) is 0 Å². The van der Waals surface area contributed by atoms with Gasteiger partial charge in [-0.1, -0.05) is 25.5 Å². The van der Waals surface area contributed by atoms with Crippen LogP contribution in [0.25, 0.3) is 0 Å². The number of halogens is 1. The van der Waals surface area contributed by atoms with Crippen molar-refractivity contribution in [1.82, 2.24) is 0 Å². The summed E-state index contributed by atoms with van der Waals surface area (Å²) in [5, 5.41) is 0. The van der Waals surface area contributed by atoms with Gasteiger partial charge in [0.25, 0.3) is 0 Å².